The van der Waals surface area contributed by atoms with Gasteiger partial charge >= 0.3 is 0 Å². The third kappa shape index (κ3) is 10.1. The molecule has 0 fully saturated rings. The van der Waals surface area contributed by atoms with Crippen LogP contribution >= 0.6 is 0 Å². The molecule has 0 radical (unpaired) electrons. The van der Waals surface area contributed by atoms with Crippen molar-refractivity contribution in [2.45, 2.75) is 9.79 Å². The molecule has 0 saturated heterocycles. The highest BCUT2D eigenvalue weighted by molar-refractivity contribution is 8.68. The van der Waals surface area contributed by atoms with Gasteiger partial charge in [0.25, 0.3) is 0 Å². The van der Waals surface area contributed by atoms with E-state index in [1.807, 2.05) is 0 Å². The second kappa shape index (κ2) is 10.4. The quantitative estimate of drug-likeness (QED) is 0.642. The summed E-state index contributed by atoms with van der Waals surface area (Å²) in [5.41, 5.74) is 0. The summed E-state index contributed by atoms with van der Waals surface area (Å²) in [6, 6.07) is 5.13. The number of sulfone groups is 2. The third-order valence-corrected chi connectivity index (χ3v) is 12.9. The van der Waals surface area contributed by atoms with Crippen molar-refractivity contribution in [3.8, 4) is 0 Å². The summed E-state index contributed by atoms with van der Waals surface area (Å²) in [7, 11) is 0.845. The molecule has 4 nitrogen and oxygen atoms in total. The van der Waals surface area contributed by atoms with E-state index >= 15 is 0 Å². The molecule has 1 aromatic rings. The van der Waals surface area contributed by atoms with Crippen LogP contribution in [0.15, 0.2) is 34.1 Å². The number of hydrogen-bond acceptors (Lipinski definition) is 6. The van der Waals surface area contributed by atoms with E-state index in [0.29, 0.717) is 0 Å². The maximum Gasteiger partial charge on any atom is 0.175 e. The minimum Gasteiger partial charge on any atom is -0.224 e. The van der Waals surface area contributed by atoms with Crippen molar-refractivity contribution in [1.82, 2.24) is 0 Å². The van der Waals surface area contributed by atoms with Crippen LogP contribution in [0.25, 0.3) is 0 Å². The molecule has 120 valence electrons. The molecule has 0 saturated carbocycles. The van der Waals surface area contributed by atoms with Gasteiger partial charge in [-0.25, -0.2) is 16.8 Å². The highest BCUT2D eigenvalue weighted by Crippen LogP contribution is 2.13. The maximum atomic E-state index is 11.0. The van der Waals surface area contributed by atoms with Crippen LogP contribution in [0.5, 0.6) is 0 Å². The van der Waals surface area contributed by atoms with Gasteiger partial charge in [-0.15, -0.1) is 0 Å². The highest BCUT2D eigenvalue weighted by atomic mass is 33.4. The van der Waals surface area contributed by atoms with Crippen molar-refractivity contribution in [2.24, 2.45) is 0 Å². The van der Waals surface area contributed by atoms with Crippen LogP contribution in [0, 0.1) is 0 Å². The van der Waals surface area contributed by atoms with Gasteiger partial charge in [0.05, 0.1) is 9.79 Å². The Morgan fingerprint density at radius 2 is 1.00 bits per heavy atom. The smallest absolute Gasteiger partial charge is 0.175 e. The lowest BCUT2D eigenvalue weighted by atomic mass is 10.4. The van der Waals surface area contributed by atoms with Crippen molar-refractivity contribution in [1.29, 1.82) is 0 Å². The van der Waals surface area contributed by atoms with Gasteiger partial charge in [-0.05, 0) is 24.3 Å². The highest BCUT2D eigenvalue weighted by Gasteiger charge is 2.10. The Bertz CT molecular complexity index is 810. The van der Waals surface area contributed by atoms with Crippen LogP contribution in [0.4, 0.5) is 0 Å². The van der Waals surface area contributed by atoms with Gasteiger partial charge < -0.3 is 0 Å². The van der Waals surface area contributed by atoms with Gasteiger partial charge in [0.1, 0.15) is 0 Å². The number of rotatable bonds is 2. The second-order valence-corrected chi connectivity index (χ2v) is 16.2. The molecule has 0 heterocycles. The average molecular weight is 459 g/mol. The van der Waals surface area contributed by atoms with Crippen LogP contribution in [0.1, 0.15) is 0 Å². The summed E-state index contributed by atoms with van der Waals surface area (Å²) < 4.78 is 44.2. The molecule has 0 amide bonds. The Morgan fingerprint density at radius 1 is 0.714 bits per heavy atom. The number of hydrogen-bond donors (Lipinski definition) is 0. The first-order valence-electron chi connectivity index (χ1n) is 4.71. The predicted octanol–water partition coefficient (Wildman–Crippen LogP) is 0.477. The molecule has 1 aromatic carbocycles. The van der Waals surface area contributed by atoms with E-state index in [2.05, 4.69) is 22.4 Å². The first-order chi connectivity index (χ1) is 9.62. The Morgan fingerprint density at radius 3 is 1.19 bits per heavy atom. The lowest BCUT2D eigenvalue weighted by Gasteiger charge is -2.00. The molecule has 0 aliphatic rings. The molecule has 0 aliphatic heterocycles. The van der Waals surface area contributed by atoms with E-state index in [-0.39, 0.29) is 9.79 Å². The van der Waals surface area contributed by atoms with Crippen molar-refractivity contribution >= 4 is 86.5 Å². The van der Waals surface area contributed by atoms with Crippen LogP contribution < -0.4 is 0 Å². The summed E-state index contributed by atoms with van der Waals surface area (Å²) in [4.78, 5) is 0.231. The Labute approximate surface area is 148 Å². The fourth-order valence-electron chi connectivity index (χ4n) is 0.968. The average Bonchev–Trinajstić information content (AvgIpc) is 2.38. The van der Waals surface area contributed by atoms with Gasteiger partial charge in [-0.2, -0.15) is 0 Å². The van der Waals surface area contributed by atoms with Crippen molar-refractivity contribution < 1.29 is 16.8 Å². The molecule has 0 atom stereocenters. The molecular formula is C8H10O4S9. The molecule has 0 spiro atoms. The van der Waals surface area contributed by atoms with Crippen LogP contribution in [-0.4, -0.2) is 29.3 Å². The largest absolute Gasteiger partial charge is 0.224 e. The second-order valence-electron chi connectivity index (χ2n) is 3.36. The summed E-state index contributed by atoms with van der Waals surface area (Å²) in [5.74, 6) is 0. The summed E-state index contributed by atoms with van der Waals surface area (Å²) >= 11 is 9.14. The molecule has 1 rings (SSSR count). The van der Waals surface area contributed by atoms with E-state index in [4.69, 9.17) is 0 Å². The van der Waals surface area contributed by atoms with E-state index in [1.54, 1.807) is 26.6 Å². The molecule has 0 N–H and O–H groups in total. The maximum absolute atomic E-state index is 11.0. The summed E-state index contributed by atoms with van der Waals surface area (Å²) in [5, 5.41) is 0. The van der Waals surface area contributed by atoms with Gasteiger partial charge in [-0.1, -0.05) is 0 Å². The zero-order valence-corrected chi connectivity index (χ0v) is 18.0. The SMILES string of the molecule is CS(=O)(=O)c1ccc(S(C)(=O)=O)cc1.S=S=S=S=S=S=S. The first-order valence-corrected chi connectivity index (χ1v) is 16.5. The van der Waals surface area contributed by atoms with Crippen molar-refractivity contribution in [2.75, 3.05) is 12.5 Å². The van der Waals surface area contributed by atoms with E-state index < -0.39 is 19.7 Å². The lowest BCUT2D eigenvalue weighted by molar-refractivity contribution is 0.598. The molecule has 0 aliphatic carbocycles. The van der Waals surface area contributed by atoms with Crippen LogP contribution in [-0.2, 0) is 86.5 Å². The molecule has 0 bridgehead atoms. The topological polar surface area (TPSA) is 68.3 Å². The zero-order chi connectivity index (χ0) is 16.5. The van der Waals surface area contributed by atoms with Crippen LogP contribution in [0.3, 0.4) is 0 Å². The van der Waals surface area contributed by atoms with Gasteiger partial charge in [0.2, 0.25) is 0 Å². The molecule has 21 heavy (non-hydrogen) atoms. The summed E-state index contributed by atoms with van der Waals surface area (Å²) in [6.45, 7) is 0. The Kier molecular flexibility index (Phi) is 10.8. The molecule has 0 aromatic heterocycles. The first kappa shape index (κ1) is 21.7. The van der Waals surface area contributed by atoms with E-state index in [9.17, 15) is 16.8 Å². The van der Waals surface area contributed by atoms with E-state index in [0.717, 1.165) is 12.5 Å². The Hall–Kier alpha value is 0.660. The standard InChI is InChI=1S/C8H10O4S2.S7/c1-13(9,10)7-3-5-8(6-4-7)14(2,11)12;1-3-5-7-6-4-2/h3-6H,1-2H3;. The van der Waals surface area contributed by atoms with Crippen LogP contribution in [0.2, 0.25) is 0 Å². The minimum atomic E-state index is -3.26. The predicted molar refractivity (Wildman–Crippen MR) is 104 cm³/mol. The summed E-state index contributed by atoms with van der Waals surface area (Å²) in [6.07, 6.45) is 2.14. The molecule has 0 unspecified atom stereocenters. The Balaban J connectivity index is 0.000000486. The monoisotopic (exact) mass is 458 g/mol. The third-order valence-electron chi connectivity index (χ3n) is 1.79. The molecule has 13 heteroatoms. The van der Waals surface area contributed by atoms with E-state index in [1.165, 1.54) is 42.0 Å². The van der Waals surface area contributed by atoms with Crippen molar-refractivity contribution in [3.63, 3.8) is 0 Å². The fourth-order valence-corrected chi connectivity index (χ4v) is 10.5. The minimum absolute atomic E-state index is 0.116. The lowest BCUT2D eigenvalue weighted by Crippen LogP contribution is -2.00. The van der Waals surface area contributed by atoms with Crippen molar-refractivity contribution in [3.05, 3.63) is 24.3 Å². The van der Waals surface area contributed by atoms with Gasteiger partial charge in [0.15, 0.2) is 19.7 Å². The normalized spacial score (nSPS) is 10.6. The molecular weight excluding hydrogens is 449 g/mol. The van der Waals surface area contributed by atoms with Gasteiger partial charge in [0, 0.05) is 79.3 Å². The van der Waals surface area contributed by atoms with Gasteiger partial charge in [-0.3, -0.25) is 0 Å². The number of benzene rings is 1. The fraction of sp³-hybridized carbons (Fsp3) is 0.250. The zero-order valence-electron chi connectivity index (χ0n) is 10.6.